The lowest BCUT2D eigenvalue weighted by Crippen LogP contribution is -2.45. The Hall–Kier alpha value is -0.620. The molecule has 0 aromatic heterocycles. The van der Waals surface area contributed by atoms with E-state index in [1.54, 1.807) is 12.1 Å². The zero-order chi connectivity index (χ0) is 14.2. The fourth-order valence-electron chi connectivity index (χ4n) is 2.19. The number of sulfonamides is 1. The Morgan fingerprint density at radius 2 is 2.11 bits per heavy atom. The lowest BCUT2D eigenvalue weighted by Gasteiger charge is -2.33. The number of β-amino-alcohol motifs (C(OH)–C–C–N with tert-alkyl or cyclic N) is 1. The van der Waals surface area contributed by atoms with Gasteiger partial charge in [-0.2, -0.15) is 4.31 Å². The number of piperidine rings is 1. The van der Waals surface area contributed by atoms with Crippen LogP contribution in [0.3, 0.4) is 0 Å². The van der Waals surface area contributed by atoms with Crippen LogP contribution in [0.1, 0.15) is 18.9 Å². The van der Waals surface area contributed by atoms with Crippen molar-refractivity contribution in [3.63, 3.8) is 0 Å². The van der Waals surface area contributed by atoms with E-state index in [0.717, 1.165) is 5.56 Å². The van der Waals surface area contributed by atoms with Crippen molar-refractivity contribution in [1.82, 2.24) is 4.31 Å². The molecule has 0 amide bonds. The van der Waals surface area contributed by atoms with Gasteiger partial charge in [0.15, 0.2) is 0 Å². The van der Waals surface area contributed by atoms with Crippen LogP contribution in [-0.2, 0) is 10.0 Å². The third-order valence-electron chi connectivity index (χ3n) is 3.59. The van der Waals surface area contributed by atoms with Gasteiger partial charge in [-0.3, -0.25) is 0 Å². The molecule has 1 aliphatic heterocycles. The van der Waals surface area contributed by atoms with Gasteiger partial charge in [-0.1, -0.05) is 24.6 Å². The maximum absolute atomic E-state index is 12.5. The Morgan fingerprint density at radius 3 is 2.68 bits per heavy atom. The largest absolute Gasteiger partial charge is 0.391 e. The summed E-state index contributed by atoms with van der Waals surface area (Å²) in [6, 6.07) is 4.89. The summed E-state index contributed by atoms with van der Waals surface area (Å²) in [6.45, 7) is 4.33. The SMILES string of the molecule is Cc1ccc(S(=O)(=O)N2CCC(C)C(O)C2)c(Cl)c1. The first-order valence-electron chi connectivity index (χ1n) is 6.26. The van der Waals surface area contributed by atoms with Crippen molar-refractivity contribution in [1.29, 1.82) is 0 Å². The molecular weight excluding hydrogens is 286 g/mol. The van der Waals surface area contributed by atoms with Crippen molar-refractivity contribution < 1.29 is 13.5 Å². The summed E-state index contributed by atoms with van der Waals surface area (Å²) < 4.78 is 26.3. The molecule has 6 heteroatoms. The molecule has 0 radical (unpaired) electrons. The molecule has 0 spiro atoms. The minimum Gasteiger partial charge on any atom is -0.391 e. The minimum atomic E-state index is -3.62. The van der Waals surface area contributed by atoms with Gasteiger partial charge >= 0.3 is 0 Å². The van der Waals surface area contributed by atoms with Crippen LogP contribution in [0.4, 0.5) is 0 Å². The Bertz CT molecular complexity index is 573. The van der Waals surface area contributed by atoms with Gasteiger partial charge in [-0.25, -0.2) is 8.42 Å². The van der Waals surface area contributed by atoms with Crippen molar-refractivity contribution in [3.05, 3.63) is 28.8 Å². The van der Waals surface area contributed by atoms with Crippen molar-refractivity contribution in [3.8, 4) is 0 Å². The standard InChI is InChI=1S/C13H18ClNO3S/c1-9-3-4-13(11(14)7-9)19(17,18)15-6-5-10(2)12(16)8-15/h3-4,7,10,12,16H,5-6,8H2,1-2H3. The topological polar surface area (TPSA) is 57.6 Å². The summed E-state index contributed by atoms with van der Waals surface area (Å²) in [4.78, 5) is 0.113. The zero-order valence-corrected chi connectivity index (χ0v) is 12.6. The van der Waals surface area contributed by atoms with Crippen LogP contribution >= 0.6 is 11.6 Å². The second-order valence-corrected chi connectivity index (χ2v) is 7.44. The van der Waals surface area contributed by atoms with Crippen molar-refractivity contribution in [2.75, 3.05) is 13.1 Å². The highest BCUT2D eigenvalue weighted by molar-refractivity contribution is 7.89. The van der Waals surface area contributed by atoms with Gasteiger partial charge < -0.3 is 5.11 Å². The molecule has 2 rings (SSSR count). The van der Waals surface area contributed by atoms with Gasteiger partial charge in [0.05, 0.1) is 11.1 Å². The first-order chi connectivity index (χ1) is 8.82. The molecule has 0 bridgehead atoms. The van der Waals surface area contributed by atoms with E-state index in [4.69, 9.17) is 11.6 Å². The summed E-state index contributed by atoms with van der Waals surface area (Å²) in [5, 5.41) is 10.1. The molecular formula is C13H18ClNO3S. The van der Waals surface area contributed by atoms with E-state index in [2.05, 4.69) is 0 Å². The highest BCUT2D eigenvalue weighted by Gasteiger charge is 2.33. The van der Waals surface area contributed by atoms with Crippen LogP contribution in [0, 0.1) is 12.8 Å². The lowest BCUT2D eigenvalue weighted by molar-refractivity contribution is 0.0605. The van der Waals surface area contributed by atoms with E-state index >= 15 is 0 Å². The predicted molar refractivity (Wildman–Crippen MR) is 74.7 cm³/mol. The molecule has 1 heterocycles. The number of hydrogen-bond acceptors (Lipinski definition) is 3. The average molecular weight is 304 g/mol. The molecule has 1 fully saturated rings. The summed E-state index contributed by atoms with van der Waals surface area (Å²) in [6.07, 6.45) is 0.0388. The molecule has 1 aromatic rings. The van der Waals surface area contributed by atoms with Crippen LogP contribution in [-0.4, -0.2) is 37.0 Å². The molecule has 1 aromatic carbocycles. The first kappa shape index (κ1) is 14.8. The number of aryl methyl sites for hydroxylation is 1. The normalized spacial score (nSPS) is 25.5. The predicted octanol–water partition coefficient (Wildman–Crippen LogP) is 2.04. The van der Waals surface area contributed by atoms with E-state index in [9.17, 15) is 13.5 Å². The monoisotopic (exact) mass is 303 g/mol. The van der Waals surface area contributed by atoms with Crippen LogP contribution in [0.25, 0.3) is 0 Å². The molecule has 1 saturated heterocycles. The summed E-state index contributed by atoms with van der Waals surface area (Å²) in [7, 11) is -3.62. The molecule has 0 saturated carbocycles. The number of rotatable bonds is 2. The quantitative estimate of drug-likeness (QED) is 0.909. The van der Waals surface area contributed by atoms with E-state index in [1.807, 2.05) is 13.8 Å². The summed E-state index contributed by atoms with van der Waals surface area (Å²) in [5.74, 6) is 0.125. The zero-order valence-electron chi connectivity index (χ0n) is 11.0. The van der Waals surface area contributed by atoms with Crippen LogP contribution in [0.5, 0.6) is 0 Å². The number of aliphatic hydroxyl groups is 1. The van der Waals surface area contributed by atoms with Crippen LogP contribution in [0.15, 0.2) is 23.1 Å². The number of nitrogens with zero attached hydrogens (tertiary/aromatic N) is 1. The van der Waals surface area contributed by atoms with E-state index in [-0.39, 0.29) is 22.4 Å². The van der Waals surface area contributed by atoms with Gasteiger partial charge in [0, 0.05) is 13.1 Å². The van der Waals surface area contributed by atoms with Gasteiger partial charge in [-0.15, -0.1) is 0 Å². The third-order valence-corrected chi connectivity index (χ3v) is 5.93. The highest BCUT2D eigenvalue weighted by atomic mass is 35.5. The lowest BCUT2D eigenvalue weighted by atomic mass is 9.98. The number of halogens is 1. The van der Waals surface area contributed by atoms with E-state index < -0.39 is 16.1 Å². The Balaban J connectivity index is 2.32. The van der Waals surface area contributed by atoms with Gasteiger partial charge in [0.25, 0.3) is 0 Å². The average Bonchev–Trinajstić information content (AvgIpc) is 2.32. The van der Waals surface area contributed by atoms with E-state index in [1.165, 1.54) is 10.4 Å². The highest BCUT2D eigenvalue weighted by Crippen LogP contribution is 2.28. The second kappa shape index (κ2) is 5.40. The Labute approximate surface area is 119 Å². The molecule has 4 nitrogen and oxygen atoms in total. The minimum absolute atomic E-state index is 0.113. The molecule has 0 aliphatic carbocycles. The molecule has 106 valence electrons. The van der Waals surface area contributed by atoms with Crippen LogP contribution in [0.2, 0.25) is 5.02 Å². The first-order valence-corrected chi connectivity index (χ1v) is 8.08. The maximum Gasteiger partial charge on any atom is 0.244 e. The number of aliphatic hydroxyl groups excluding tert-OH is 1. The molecule has 19 heavy (non-hydrogen) atoms. The number of benzene rings is 1. The Morgan fingerprint density at radius 1 is 1.42 bits per heavy atom. The fourth-order valence-corrected chi connectivity index (χ4v) is 4.24. The molecule has 2 unspecified atom stereocenters. The van der Waals surface area contributed by atoms with Gasteiger partial charge in [-0.05, 0) is 37.0 Å². The van der Waals surface area contributed by atoms with Crippen molar-refractivity contribution in [2.45, 2.75) is 31.3 Å². The smallest absolute Gasteiger partial charge is 0.244 e. The van der Waals surface area contributed by atoms with Crippen molar-refractivity contribution >= 4 is 21.6 Å². The summed E-state index contributed by atoms with van der Waals surface area (Å²) in [5.41, 5.74) is 0.913. The van der Waals surface area contributed by atoms with Crippen LogP contribution < -0.4 is 0 Å². The summed E-state index contributed by atoms with van der Waals surface area (Å²) >= 11 is 6.03. The maximum atomic E-state index is 12.5. The fraction of sp³-hybridized carbons (Fsp3) is 0.538. The molecule has 1 N–H and O–H groups in total. The Kier molecular flexibility index (Phi) is 4.20. The molecule has 2 atom stereocenters. The van der Waals surface area contributed by atoms with Gasteiger partial charge in [0.1, 0.15) is 4.90 Å². The second-order valence-electron chi connectivity index (χ2n) is 5.13. The van der Waals surface area contributed by atoms with Gasteiger partial charge in [0.2, 0.25) is 10.0 Å². The third kappa shape index (κ3) is 2.94. The van der Waals surface area contributed by atoms with E-state index in [0.29, 0.717) is 13.0 Å². The van der Waals surface area contributed by atoms with Crippen molar-refractivity contribution in [2.24, 2.45) is 5.92 Å². The number of hydrogen-bond donors (Lipinski definition) is 1. The molecule has 1 aliphatic rings.